The third kappa shape index (κ3) is 2.92. The normalized spacial score (nSPS) is 17.1. The molecule has 114 valence electrons. The largest absolute Gasteiger partial charge is 0.435 e. The number of hydrogen-bond donors (Lipinski definition) is 1. The van der Waals surface area contributed by atoms with Crippen LogP contribution >= 0.6 is 11.6 Å². The molecule has 2 heterocycles. The first-order chi connectivity index (χ1) is 9.93. The molecule has 2 aromatic heterocycles. The quantitative estimate of drug-likeness (QED) is 0.857. The molecule has 1 fully saturated rings. The Morgan fingerprint density at radius 3 is 2.76 bits per heavy atom. The van der Waals surface area contributed by atoms with Gasteiger partial charge in [0.05, 0.1) is 0 Å². The maximum atomic E-state index is 12.7. The third-order valence-corrected chi connectivity index (χ3v) is 4.08. The first-order valence-corrected chi connectivity index (χ1v) is 7.18. The van der Waals surface area contributed by atoms with Gasteiger partial charge in [-0.1, -0.05) is 0 Å². The summed E-state index contributed by atoms with van der Waals surface area (Å²) in [5.41, 5.74) is -0.421. The molecule has 0 bridgehead atoms. The van der Waals surface area contributed by atoms with Crippen LogP contribution in [0.4, 0.5) is 19.0 Å². The lowest BCUT2D eigenvalue weighted by Crippen LogP contribution is -2.17. The maximum absolute atomic E-state index is 12.7. The van der Waals surface area contributed by atoms with Crippen molar-refractivity contribution in [2.75, 3.05) is 17.7 Å². The van der Waals surface area contributed by atoms with Gasteiger partial charge in [-0.3, -0.25) is 0 Å². The molecule has 4 nitrogen and oxygen atoms in total. The number of aromatic nitrogens is 3. The van der Waals surface area contributed by atoms with Gasteiger partial charge in [-0.2, -0.15) is 18.3 Å². The van der Waals surface area contributed by atoms with E-state index in [0.29, 0.717) is 23.8 Å². The molecule has 21 heavy (non-hydrogen) atoms. The van der Waals surface area contributed by atoms with Crippen molar-refractivity contribution in [3.8, 4) is 0 Å². The number of fused-ring (bicyclic) bond motifs is 1. The van der Waals surface area contributed by atoms with Gasteiger partial charge < -0.3 is 5.32 Å². The first-order valence-electron chi connectivity index (χ1n) is 6.65. The Morgan fingerprint density at radius 1 is 1.38 bits per heavy atom. The zero-order valence-electron chi connectivity index (χ0n) is 11.1. The van der Waals surface area contributed by atoms with E-state index in [4.69, 9.17) is 11.6 Å². The fraction of sp³-hybridized carbons (Fsp3) is 0.538. The maximum Gasteiger partial charge on any atom is 0.435 e. The van der Waals surface area contributed by atoms with E-state index >= 15 is 0 Å². The molecule has 0 aliphatic heterocycles. The van der Waals surface area contributed by atoms with Crippen molar-refractivity contribution < 1.29 is 13.2 Å². The third-order valence-electron chi connectivity index (χ3n) is 3.89. The van der Waals surface area contributed by atoms with Crippen LogP contribution in [0.15, 0.2) is 18.5 Å². The van der Waals surface area contributed by atoms with Gasteiger partial charge in [0.2, 0.25) is 0 Å². The zero-order chi connectivity index (χ0) is 15.1. The summed E-state index contributed by atoms with van der Waals surface area (Å²) in [6, 6.07) is 1.01. The molecule has 0 unspecified atom stereocenters. The average molecular weight is 319 g/mol. The molecule has 0 saturated heterocycles. The van der Waals surface area contributed by atoms with Crippen LogP contribution in [0.25, 0.3) is 5.52 Å². The number of rotatable bonds is 5. The van der Waals surface area contributed by atoms with Crippen LogP contribution in [-0.2, 0) is 6.18 Å². The predicted molar refractivity (Wildman–Crippen MR) is 73.5 cm³/mol. The first kappa shape index (κ1) is 14.4. The minimum Gasteiger partial charge on any atom is -0.368 e. The van der Waals surface area contributed by atoms with Crippen molar-refractivity contribution in [1.82, 2.24) is 14.6 Å². The van der Waals surface area contributed by atoms with E-state index in [1.165, 1.54) is 16.9 Å². The van der Waals surface area contributed by atoms with E-state index in [1.807, 2.05) is 0 Å². The van der Waals surface area contributed by atoms with Crippen molar-refractivity contribution in [1.29, 1.82) is 0 Å². The van der Waals surface area contributed by atoms with Gasteiger partial charge >= 0.3 is 6.18 Å². The minimum absolute atomic E-state index is 0.170. The highest BCUT2D eigenvalue weighted by atomic mass is 35.5. The Balaban J connectivity index is 1.84. The number of alkyl halides is 4. The van der Waals surface area contributed by atoms with Gasteiger partial charge in [0, 0.05) is 30.9 Å². The molecule has 1 saturated carbocycles. The van der Waals surface area contributed by atoms with E-state index < -0.39 is 11.9 Å². The molecule has 8 heteroatoms. The Labute approximate surface area is 124 Å². The van der Waals surface area contributed by atoms with Crippen molar-refractivity contribution in [3.63, 3.8) is 0 Å². The second kappa shape index (κ2) is 5.05. The van der Waals surface area contributed by atoms with Gasteiger partial charge in [0.25, 0.3) is 0 Å². The van der Waals surface area contributed by atoms with Crippen LogP contribution in [0.2, 0.25) is 0 Å². The summed E-state index contributed by atoms with van der Waals surface area (Å²) < 4.78 is 39.3. The summed E-state index contributed by atoms with van der Waals surface area (Å²) in [5, 5.41) is 6.67. The second-order valence-corrected chi connectivity index (χ2v) is 5.80. The van der Waals surface area contributed by atoms with E-state index in [9.17, 15) is 13.2 Å². The summed E-state index contributed by atoms with van der Waals surface area (Å²) in [5.74, 6) is 1.01. The van der Waals surface area contributed by atoms with E-state index in [-0.39, 0.29) is 5.41 Å². The van der Waals surface area contributed by atoms with Crippen LogP contribution in [0.3, 0.4) is 0 Å². The van der Waals surface area contributed by atoms with Crippen molar-refractivity contribution in [2.24, 2.45) is 5.41 Å². The lowest BCUT2D eigenvalue weighted by molar-refractivity contribution is -0.141. The minimum atomic E-state index is -4.46. The number of anilines is 1. The highest BCUT2D eigenvalue weighted by molar-refractivity contribution is 6.17. The smallest absolute Gasteiger partial charge is 0.368 e. The highest BCUT2D eigenvalue weighted by Crippen LogP contribution is 2.49. The Bertz CT molecular complexity index is 648. The fourth-order valence-corrected chi connectivity index (χ4v) is 2.76. The monoisotopic (exact) mass is 318 g/mol. The molecule has 0 radical (unpaired) electrons. The molecule has 1 aliphatic carbocycles. The number of nitrogens with one attached hydrogen (secondary N) is 1. The summed E-state index contributed by atoms with van der Waals surface area (Å²) in [6.07, 6.45) is 1.45. The molecule has 0 aromatic carbocycles. The number of hydrogen-bond acceptors (Lipinski definition) is 3. The molecular weight excluding hydrogens is 305 g/mol. The zero-order valence-corrected chi connectivity index (χ0v) is 11.9. The molecule has 1 N–H and O–H groups in total. The molecule has 3 rings (SSSR count). The van der Waals surface area contributed by atoms with E-state index in [0.717, 1.165) is 25.3 Å². The Hall–Kier alpha value is -1.50. The van der Waals surface area contributed by atoms with E-state index in [2.05, 4.69) is 15.4 Å². The molecule has 0 amide bonds. The molecule has 1 aliphatic rings. The molecule has 0 spiro atoms. The second-order valence-electron chi connectivity index (χ2n) is 5.43. The van der Waals surface area contributed by atoms with Crippen LogP contribution in [0.1, 0.15) is 25.0 Å². The average Bonchev–Trinajstić information content (AvgIpc) is 3.02. The SMILES string of the molecule is FC(F)(F)c1cc2c(NCC3(CCCl)CC3)nccn2n1. The number of nitrogens with zero attached hydrogens (tertiary/aromatic N) is 3. The van der Waals surface area contributed by atoms with E-state index in [1.54, 1.807) is 0 Å². The highest BCUT2D eigenvalue weighted by Gasteiger charge is 2.41. The number of halogens is 4. The fourth-order valence-electron chi connectivity index (χ4n) is 2.36. The lowest BCUT2D eigenvalue weighted by Gasteiger charge is -2.15. The molecule has 2 aromatic rings. The van der Waals surface area contributed by atoms with Crippen molar-refractivity contribution in [3.05, 3.63) is 24.2 Å². The standard InChI is InChI=1S/C13H14ClF3N4/c14-4-3-12(1-2-12)8-19-11-9-7-10(13(15,16)17)20-21(9)6-5-18-11/h5-7H,1-4,8H2,(H,18,19). The van der Waals surface area contributed by atoms with Gasteiger partial charge in [-0.25, -0.2) is 9.50 Å². The Morgan fingerprint density at radius 2 is 2.14 bits per heavy atom. The predicted octanol–water partition coefficient (Wildman–Crippen LogP) is 3.57. The topological polar surface area (TPSA) is 42.2 Å². The van der Waals surface area contributed by atoms with Crippen molar-refractivity contribution >= 4 is 22.9 Å². The van der Waals surface area contributed by atoms with Gasteiger partial charge in [0.15, 0.2) is 11.5 Å². The summed E-state index contributed by atoms with van der Waals surface area (Å²) in [4.78, 5) is 4.12. The van der Waals surface area contributed by atoms with Crippen LogP contribution in [0.5, 0.6) is 0 Å². The summed E-state index contributed by atoms with van der Waals surface area (Å²) in [6.45, 7) is 0.666. The molecular formula is C13H14ClF3N4. The lowest BCUT2D eigenvalue weighted by atomic mass is 10.0. The van der Waals surface area contributed by atoms with Crippen LogP contribution in [0, 0.1) is 5.41 Å². The van der Waals surface area contributed by atoms with Gasteiger partial charge in [0.1, 0.15) is 5.52 Å². The van der Waals surface area contributed by atoms with Crippen LogP contribution in [-0.4, -0.2) is 27.0 Å². The summed E-state index contributed by atoms with van der Waals surface area (Å²) >= 11 is 5.77. The van der Waals surface area contributed by atoms with Crippen LogP contribution < -0.4 is 5.32 Å². The molecule has 0 atom stereocenters. The Kier molecular flexibility index (Phi) is 3.47. The van der Waals surface area contributed by atoms with Gasteiger partial charge in [-0.15, -0.1) is 11.6 Å². The van der Waals surface area contributed by atoms with Crippen molar-refractivity contribution in [2.45, 2.75) is 25.4 Å². The van der Waals surface area contributed by atoms with Gasteiger partial charge in [-0.05, 0) is 24.7 Å². The summed E-state index contributed by atoms with van der Waals surface area (Å²) in [7, 11) is 0.